The SMILES string of the molecule is Cc1ccc[c-]1[Si](c1cc(C(C)C)cc(C(C)C)c1)(c1cc(C(C)C)cc(C(C)C)c1)c1cc(C(C)C)cc(C(C)C)c1.[Cl-].[Cl-].[Cl-].[Ti+4]. The van der Waals surface area contributed by atoms with Gasteiger partial charge in [0.1, 0.15) is 8.07 Å². The molecule has 0 amide bonds. The molecular weight excluding hydrogens is 687 g/mol. The summed E-state index contributed by atoms with van der Waals surface area (Å²) in [5.41, 5.74) is 10.1. The summed E-state index contributed by atoms with van der Waals surface area (Å²) in [5, 5.41) is 6.13. The Labute approximate surface area is 322 Å². The van der Waals surface area contributed by atoms with E-state index in [1.165, 1.54) is 59.7 Å². The summed E-state index contributed by atoms with van der Waals surface area (Å²) in [6.07, 6.45) is 0. The zero-order chi connectivity index (χ0) is 31.8. The minimum Gasteiger partial charge on any atom is -1.00 e. The molecule has 0 saturated heterocycles. The van der Waals surface area contributed by atoms with Gasteiger partial charge in [-0.2, -0.15) is 11.6 Å². The normalized spacial score (nSPS) is 11.6. The average molecular weight is 744 g/mol. The standard InChI is InChI=1S/C42H57Si.3ClH.Ti/c1-26(2)33-17-34(27(3)4)21-39(20-33)43(42-16-14-15-32(42)13,40-22-35(28(5)6)18-36(23-40)29(7)8)41-24-37(30(9)10)19-38(25-41)31(11)12;;;;/h14-31H,1-13H3;3*1H;/q-1;;;;+4/p-3. The van der Waals surface area contributed by atoms with Gasteiger partial charge < -0.3 is 37.2 Å². The monoisotopic (exact) mass is 742 g/mol. The number of aryl methyl sites for hydroxylation is 1. The molecule has 0 N–H and O–H groups in total. The van der Waals surface area contributed by atoms with Crippen molar-refractivity contribution >= 4 is 28.8 Å². The van der Waals surface area contributed by atoms with E-state index in [0.29, 0.717) is 35.5 Å². The molecule has 0 aliphatic rings. The molecule has 0 saturated carbocycles. The van der Waals surface area contributed by atoms with Gasteiger partial charge in [0.05, 0.1) is 0 Å². The van der Waals surface area contributed by atoms with Crippen LogP contribution in [0, 0.1) is 6.92 Å². The second kappa shape index (κ2) is 18.7. The van der Waals surface area contributed by atoms with Gasteiger partial charge in [-0.05, 0) is 68.9 Å². The molecule has 0 atom stereocenters. The van der Waals surface area contributed by atoms with E-state index >= 15 is 0 Å². The van der Waals surface area contributed by atoms with Gasteiger partial charge in [-0.3, -0.25) is 0 Å². The van der Waals surface area contributed by atoms with Crippen molar-refractivity contribution in [2.24, 2.45) is 0 Å². The Morgan fingerprint density at radius 1 is 0.426 bits per heavy atom. The fraction of sp³-hybridized carbons (Fsp3) is 0.452. The zero-order valence-corrected chi connectivity index (χ0v) is 35.9. The second-order valence-electron chi connectivity index (χ2n) is 15.0. The molecular formula is C42H57Cl3SiTi. The summed E-state index contributed by atoms with van der Waals surface area (Å²) in [4.78, 5) is 0. The average Bonchev–Trinajstić information content (AvgIpc) is 3.38. The minimum atomic E-state index is -2.76. The third kappa shape index (κ3) is 9.53. The van der Waals surface area contributed by atoms with Crippen LogP contribution in [0.2, 0.25) is 0 Å². The first-order valence-electron chi connectivity index (χ1n) is 16.9. The van der Waals surface area contributed by atoms with E-state index in [4.69, 9.17) is 0 Å². The van der Waals surface area contributed by atoms with Crippen LogP contribution in [0.4, 0.5) is 0 Å². The van der Waals surface area contributed by atoms with E-state index in [1.807, 2.05) is 0 Å². The molecule has 4 aromatic rings. The van der Waals surface area contributed by atoms with E-state index in [-0.39, 0.29) is 58.9 Å². The summed E-state index contributed by atoms with van der Waals surface area (Å²) in [5.74, 6) is 2.79. The summed E-state index contributed by atoms with van der Waals surface area (Å²) >= 11 is 0. The maximum absolute atomic E-state index is 2.76. The third-order valence-corrected chi connectivity index (χ3v) is 14.5. The van der Waals surface area contributed by atoms with Gasteiger partial charge in [-0.25, -0.2) is 12.1 Å². The van der Waals surface area contributed by atoms with Crippen LogP contribution in [-0.2, 0) is 21.7 Å². The second-order valence-corrected chi connectivity index (χ2v) is 18.7. The molecule has 0 spiro atoms. The van der Waals surface area contributed by atoms with E-state index in [9.17, 15) is 0 Å². The fourth-order valence-electron chi connectivity index (χ4n) is 6.58. The largest absolute Gasteiger partial charge is 4.00 e. The Morgan fingerprint density at radius 2 is 0.660 bits per heavy atom. The number of benzene rings is 3. The van der Waals surface area contributed by atoms with Crippen molar-refractivity contribution in [1.82, 2.24) is 0 Å². The number of hydrogen-bond acceptors (Lipinski definition) is 0. The van der Waals surface area contributed by atoms with Crippen LogP contribution in [0.1, 0.15) is 158 Å². The minimum absolute atomic E-state index is 0. The molecule has 0 unspecified atom stereocenters. The van der Waals surface area contributed by atoms with Gasteiger partial charge in [0.25, 0.3) is 0 Å². The van der Waals surface area contributed by atoms with Gasteiger partial charge in [0, 0.05) is 0 Å². The Bertz CT molecular complexity index is 1330. The van der Waals surface area contributed by atoms with Crippen LogP contribution in [0.15, 0.2) is 72.8 Å². The maximum atomic E-state index is 2.60. The van der Waals surface area contributed by atoms with Crippen molar-refractivity contribution in [2.75, 3.05) is 0 Å². The van der Waals surface area contributed by atoms with Gasteiger partial charge in [-0.1, -0.05) is 160 Å². The van der Waals surface area contributed by atoms with Crippen molar-refractivity contribution in [3.63, 3.8) is 0 Å². The van der Waals surface area contributed by atoms with E-state index in [0.717, 1.165) is 0 Å². The van der Waals surface area contributed by atoms with Crippen LogP contribution < -0.4 is 58.0 Å². The number of hydrogen-bond donors (Lipinski definition) is 0. The Morgan fingerprint density at radius 3 is 0.830 bits per heavy atom. The van der Waals surface area contributed by atoms with Crippen LogP contribution >= 0.6 is 0 Å². The Balaban J connectivity index is 0.00000529. The maximum Gasteiger partial charge on any atom is 4.00 e. The molecule has 0 nitrogen and oxygen atoms in total. The molecule has 0 bridgehead atoms. The molecule has 254 valence electrons. The topological polar surface area (TPSA) is 0 Å². The fourth-order valence-corrected chi connectivity index (χ4v) is 11.8. The van der Waals surface area contributed by atoms with Crippen molar-refractivity contribution in [3.8, 4) is 0 Å². The predicted molar refractivity (Wildman–Crippen MR) is 195 cm³/mol. The first-order chi connectivity index (χ1) is 20.2. The van der Waals surface area contributed by atoms with Gasteiger partial charge in [0.2, 0.25) is 0 Å². The van der Waals surface area contributed by atoms with Gasteiger partial charge in [0.15, 0.2) is 0 Å². The molecule has 5 heteroatoms. The molecule has 0 aliphatic carbocycles. The van der Waals surface area contributed by atoms with Crippen molar-refractivity contribution in [3.05, 3.63) is 112 Å². The van der Waals surface area contributed by atoms with Crippen molar-refractivity contribution in [2.45, 2.75) is 126 Å². The van der Waals surface area contributed by atoms with E-state index < -0.39 is 8.07 Å². The zero-order valence-electron chi connectivity index (χ0n) is 31.0. The van der Waals surface area contributed by atoms with Crippen LogP contribution in [0.25, 0.3) is 0 Å². The predicted octanol–water partition coefficient (Wildman–Crippen LogP) is 0.841. The summed E-state index contributed by atoms with van der Waals surface area (Å²) in [6, 6.07) is 30.1. The Kier molecular flexibility index (Phi) is 18.2. The first kappa shape index (κ1) is 45.8. The van der Waals surface area contributed by atoms with Crippen LogP contribution in [-0.4, -0.2) is 8.07 Å². The van der Waals surface area contributed by atoms with Crippen molar-refractivity contribution in [1.29, 1.82) is 0 Å². The molecule has 4 aromatic carbocycles. The molecule has 4 rings (SSSR count). The molecule has 0 radical (unpaired) electrons. The van der Waals surface area contributed by atoms with Gasteiger partial charge in [-0.15, -0.1) is 5.19 Å². The van der Waals surface area contributed by atoms with E-state index in [2.05, 4.69) is 163 Å². The van der Waals surface area contributed by atoms with Crippen LogP contribution in [0.3, 0.4) is 0 Å². The molecule has 0 heterocycles. The molecule has 0 aliphatic heterocycles. The number of rotatable bonds is 10. The summed E-state index contributed by atoms with van der Waals surface area (Å²) < 4.78 is 0. The summed E-state index contributed by atoms with van der Waals surface area (Å²) in [7, 11) is -2.76. The smallest absolute Gasteiger partial charge is 1.00 e. The summed E-state index contributed by atoms with van der Waals surface area (Å²) in [6.45, 7) is 30.6. The number of halogens is 3. The molecule has 0 aromatic heterocycles. The third-order valence-electron chi connectivity index (χ3n) is 9.67. The van der Waals surface area contributed by atoms with Gasteiger partial charge >= 0.3 is 21.7 Å². The first-order valence-corrected chi connectivity index (χ1v) is 18.9. The molecule has 0 fully saturated rings. The van der Waals surface area contributed by atoms with Crippen molar-refractivity contribution < 1.29 is 58.9 Å². The van der Waals surface area contributed by atoms with E-state index in [1.54, 1.807) is 0 Å². The molecule has 47 heavy (non-hydrogen) atoms. The quantitative estimate of drug-likeness (QED) is 0.129. The Hall–Kier alpha value is -1.19. The van der Waals surface area contributed by atoms with Crippen LogP contribution in [0.5, 0.6) is 0 Å².